The molecular weight excluding hydrogens is 268 g/mol. The maximum atomic E-state index is 12.1. The van der Waals surface area contributed by atoms with E-state index in [1.807, 2.05) is 0 Å². The summed E-state index contributed by atoms with van der Waals surface area (Å²) >= 11 is 0. The maximum Gasteiger partial charge on any atom is 0.274 e. The van der Waals surface area contributed by atoms with Crippen LogP contribution in [0.15, 0.2) is 21.6 Å². The van der Waals surface area contributed by atoms with Crippen LogP contribution in [0.3, 0.4) is 0 Å². The molecule has 6 nitrogen and oxygen atoms in total. The Bertz CT molecular complexity index is 514. The minimum atomic E-state index is -3.60. The van der Waals surface area contributed by atoms with E-state index in [1.54, 1.807) is 20.2 Å². The van der Waals surface area contributed by atoms with Gasteiger partial charge in [0.15, 0.2) is 0 Å². The van der Waals surface area contributed by atoms with Gasteiger partial charge in [-0.3, -0.25) is 0 Å². The van der Waals surface area contributed by atoms with Crippen LogP contribution in [0, 0.1) is 0 Å². The summed E-state index contributed by atoms with van der Waals surface area (Å²) in [4.78, 5) is 0. The molecule has 0 spiro atoms. The van der Waals surface area contributed by atoms with E-state index in [0.717, 1.165) is 19.3 Å². The smallest absolute Gasteiger partial charge is 0.274 e. The summed E-state index contributed by atoms with van der Waals surface area (Å²) in [5.41, 5.74) is -0.340. The van der Waals surface area contributed by atoms with Crippen LogP contribution in [0.25, 0.3) is 0 Å². The number of nitrogens with one attached hydrogen (secondary N) is 2. The lowest BCUT2D eigenvalue weighted by Gasteiger charge is -2.40. The van der Waals surface area contributed by atoms with Gasteiger partial charge in [0.25, 0.3) is 10.0 Å². The van der Waals surface area contributed by atoms with E-state index in [1.165, 1.54) is 6.07 Å². The lowest BCUT2D eigenvalue weighted by atomic mass is 9.80. The second kappa shape index (κ2) is 5.62. The van der Waals surface area contributed by atoms with Crippen LogP contribution < -0.4 is 10.0 Å². The Morgan fingerprint density at radius 3 is 2.68 bits per heavy atom. The van der Waals surface area contributed by atoms with Crippen molar-refractivity contribution in [3.63, 3.8) is 0 Å². The Hall–Kier alpha value is -0.890. The fourth-order valence-corrected chi connectivity index (χ4v) is 3.15. The van der Waals surface area contributed by atoms with E-state index in [9.17, 15) is 8.42 Å². The molecule has 1 aromatic rings. The highest BCUT2D eigenvalue weighted by atomic mass is 32.2. The van der Waals surface area contributed by atoms with Gasteiger partial charge in [-0.25, -0.2) is 13.1 Å². The molecule has 0 bridgehead atoms. The van der Waals surface area contributed by atoms with Gasteiger partial charge in [0.05, 0.1) is 12.1 Å². The SMILES string of the molecule is CNCc1ccc(S(=O)(=O)NCC2(OC)CCC2)o1. The van der Waals surface area contributed by atoms with Gasteiger partial charge in [0.1, 0.15) is 5.76 Å². The summed E-state index contributed by atoms with van der Waals surface area (Å²) in [6.07, 6.45) is 2.84. The summed E-state index contributed by atoms with van der Waals surface area (Å²) < 4.78 is 37.4. The third kappa shape index (κ3) is 3.17. The first-order valence-corrected chi connectivity index (χ1v) is 7.78. The second-order valence-corrected chi connectivity index (χ2v) is 6.51. The average molecular weight is 288 g/mol. The van der Waals surface area contributed by atoms with Crippen LogP contribution in [-0.4, -0.2) is 34.7 Å². The molecule has 19 heavy (non-hydrogen) atoms. The van der Waals surface area contributed by atoms with Gasteiger partial charge in [-0.15, -0.1) is 0 Å². The molecule has 1 aliphatic carbocycles. The van der Waals surface area contributed by atoms with Crippen LogP contribution in [-0.2, 0) is 21.3 Å². The zero-order valence-corrected chi connectivity index (χ0v) is 12.0. The summed E-state index contributed by atoms with van der Waals surface area (Å²) in [6.45, 7) is 0.783. The van der Waals surface area contributed by atoms with Gasteiger partial charge in [-0.05, 0) is 38.4 Å². The molecule has 1 saturated carbocycles. The number of furan rings is 1. The predicted molar refractivity (Wildman–Crippen MR) is 70.3 cm³/mol. The first-order valence-electron chi connectivity index (χ1n) is 6.29. The van der Waals surface area contributed by atoms with Crippen LogP contribution >= 0.6 is 0 Å². The molecule has 1 fully saturated rings. The van der Waals surface area contributed by atoms with Gasteiger partial charge in [-0.1, -0.05) is 0 Å². The van der Waals surface area contributed by atoms with Gasteiger partial charge in [-0.2, -0.15) is 0 Å². The molecule has 1 aromatic heterocycles. The molecule has 0 unspecified atom stereocenters. The summed E-state index contributed by atoms with van der Waals surface area (Å²) in [5.74, 6) is 0.591. The Balaban J connectivity index is 2.01. The molecule has 108 valence electrons. The van der Waals surface area contributed by atoms with Crippen LogP contribution in [0.1, 0.15) is 25.0 Å². The molecule has 0 amide bonds. The molecule has 0 radical (unpaired) electrons. The Morgan fingerprint density at radius 1 is 1.42 bits per heavy atom. The highest BCUT2D eigenvalue weighted by Gasteiger charge is 2.38. The van der Waals surface area contributed by atoms with E-state index in [0.29, 0.717) is 12.3 Å². The monoisotopic (exact) mass is 288 g/mol. The first-order chi connectivity index (χ1) is 9.01. The van der Waals surface area contributed by atoms with Gasteiger partial charge in [0, 0.05) is 13.7 Å². The van der Waals surface area contributed by atoms with Crippen molar-refractivity contribution in [1.29, 1.82) is 0 Å². The lowest BCUT2D eigenvalue weighted by molar-refractivity contribution is -0.0659. The van der Waals surface area contributed by atoms with Crippen LogP contribution in [0.2, 0.25) is 0 Å². The molecule has 7 heteroatoms. The quantitative estimate of drug-likeness (QED) is 0.777. The van der Waals surface area contributed by atoms with Crippen molar-refractivity contribution in [2.45, 2.75) is 36.5 Å². The summed E-state index contributed by atoms with van der Waals surface area (Å²) in [5, 5.41) is 2.85. The maximum absolute atomic E-state index is 12.1. The van der Waals surface area contributed by atoms with E-state index < -0.39 is 10.0 Å². The number of rotatable bonds is 7. The summed E-state index contributed by atoms with van der Waals surface area (Å²) in [6, 6.07) is 3.12. The second-order valence-electron chi connectivity index (χ2n) is 4.82. The zero-order chi connectivity index (χ0) is 13.9. The van der Waals surface area contributed by atoms with Crippen molar-refractivity contribution in [2.75, 3.05) is 20.7 Å². The molecular formula is C12H20N2O4S. The van der Waals surface area contributed by atoms with Crippen molar-refractivity contribution >= 4 is 10.0 Å². The molecule has 2 N–H and O–H groups in total. The molecule has 0 aliphatic heterocycles. The largest absolute Gasteiger partial charge is 0.447 e. The van der Waals surface area contributed by atoms with Crippen LogP contribution in [0.4, 0.5) is 0 Å². The molecule has 0 atom stereocenters. The summed E-state index contributed by atoms with van der Waals surface area (Å²) in [7, 11) is -0.214. The minimum Gasteiger partial charge on any atom is -0.447 e. The van der Waals surface area contributed by atoms with E-state index in [-0.39, 0.29) is 17.2 Å². The number of methoxy groups -OCH3 is 1. The third-order valence-corrected chi connectivity index (χ3v) is 4.81. The van der Waals surface area contributed by atoms with E-state index >= 15 is 0 Å². The molecule has 0 saturated heterocycles. The third-order valence-electron chi connectivity index (χ3n) is 3.54. The Labute approximate surface area is 113 Å². The Kier molecular flexibility index (Phi) is 4.29. The number of hydrogen-bond donors (Lipinski definition) is 2. The highest BCUT2D eigenvalue weighted by molar-refractivity contribution is 7.89. The van der Waals surface area contributed by atoms with Crippen molar-refractivity contribution < 1.29 is 17.6 Å². The van der Waals surface area contributed by atoms with Gasteiger partial charge in [0.2, 0.25) is 5.09 Å². The number of ether oxygens (including phenoxy) is 1. The topological polar surface area (TPSA) is 80.6 Å². The molecule has 0 aromatic carbocycles. The van der Waals surface area contributed by atoms with Gasteiger partial charge < -0.3 is 14.5 Å². The highest BCUT2D eigenvalue weighted by Crippen LogP contribution is 2.34. The minimum absolute atomic E-state index is 0.0525. The van der Waals surface area contributed by atoms with Crippen molar-refractivity contribution in [2.24, 2.45) is 0 Å². The lowest BCUT2D eigenvalue weighted by Crippen LogP contribution is -2.49. The zero-order valence-electron chi connectivity index (χ0n) is 11.2. The van der Waals surface area contributed by atoms with Crippen molar-refractivity contribution in [3.05, 3.63) is 17.9 Å². The predicted octanol–water partition coefficient (Wildman–Crippen LogP) is 0.846. The van der Waals surface area contributed by atoms with Crippen molar-refractivity contribution in [3.8, 4) is 0 Å². The van der Waals surface area contributed by atoms with E-state index in [4.69, 9.17) is 9.15 Å². The van der Waals surface area contributed by atoms with Crippen molar-refractivity contribution in [1.82, 2.24) is 10.0 Å². The fourth-order valence-electron chi connectivity index (χ4n) is 2.09. The average Bonchev–Trinajstić information content (AvgIpc) is 2.78. The fraction of sp³-hybridized carbons (Fsp3) is 0.667. The number of sulfonamides is 1. The number of hydrogen-bond acceptors (Lipinski definition) is 5. The molecule has 1 heterocycles. The van der Waals surface area contributed by atoms with E-state index in [2.05, 4.69) is 10.0 Å². The molecule has 2 rings (SSSR count). The normalized spacial score (nSPS) is 18.2. The van der Waals surface area contributed by atoms with Gasteiger partial charge >= 0.3 is 0 Å². The standard InChI is InChI=1S/C12H20N2O4S/c1-13-8-10-4-5-11(18-10)19(15,16)14-9-12(17-2)6-3-7-12/h4-5,13-14H,3,6-9H2,1-2H3. The Morgan fingerprint density at radius 2 is 2.16 bits per heavy atom. The first kappa shape index (κ1) is 14.5. The van der Waals surface area contributed by atoms with Crippen LogP contribution in [0.5, 0.6) is 0 Å². The molecule has 1 aliphatic rings.